The summed E-state index contributed by atoms with van der Waals surface area (Å²) in [6, 6.07) is 71.0. The van der Waals surface area contributed by atoms with E-state index in [4.69, 9.17) is 0 Å². The maximum atomic E-state index is 2.52. The second-order valence-corrected chi connectivity index (χ2v) is 15.4. The fraction of sp³-hybridized carbons (Fsp3) is 0.0545. The van der Waals surface area contributed by atoms with E-state index in [9.17, 15) is 0 Å². The van der Waals surface area contributed by atoms with Crippen molar-refractivity contribution in [1.82, 2.24) is 4.57 Å². The molecule has 1 aliphatic rings. The van der Waals surface area contributed by atoms with E-state index >= 15 is 0 Å². The van der Waals surface area contributed by atoms with Crippen molar-refractivity contribution in [2.75, 3.05) is 4.90 Å². The minimum absolute atomic E-state index is 0.307. The van der Waals surface area contributed by atoms with Gasteiger partial charge < -0.3 is 9.47 Å². The largest absolute Gasteiger partial charge is 0.313 e. The summed E-state index contributed by atoms with van der Waals surface area (Å²) in [7, 11) is 0. The van der Waals surface area contributed by atoms with Gasteiger partial charge in [-0.3, -0.25) is 0 Å². The van der Waals surface area contributed by atoms with Crippen molar-refractivity contribution in [2.45, 2.75) is 13.3 Å². The van der Waals surface area contributed by atoms with Gasteiger partial charge in [0, 0.05) is 39.4 Å². The smallest absolute Gasteiger partial charge is 0.0558 e. The third-order valence-electron chi connectivity index (χ3n) is 12.0. The minimum Gasteiger partial charge on any atom is -0.313 e. The zero-order chi connectivity index (χ0) is 37.9. The Balaban J connectivity index is 1.08. The highest BCUT2D eigenvalue weighted by Crippen LogP contribution is 2.44. The number of nitrogens with zero attached hydrogens (tertiary/aromatic N) is 2. The molecule has 0 fully saturated rings. The van der Waals surface area contributed by atoms with Crippen LogP contribution in [0, 0.1) is 5.92 Å². The molecule has 0 aliphatic heterocycles. The molecule has 1 heterocycles. The number of anilines is 3. The van der Waals surface area contributed by atoms with Crippen LogP contribution in [-0.2, 0) is 0 Å². The highest BCUT2D eigenvalue weighted by molar-refractivity contribution is 6.26. The van der Waals surface area contributed by atoms with Crippen molar-refractivity contribution in [3.05, 3.63) is 212 Å². The maximum absolute atomic E-state index is 2.52. The second kappa shape index (κ2) is 13.5. The molecule has 1 unspecified atom stereocenters. The molecule has 0 amide bonds. The van der Waals surface area contributed by atoms with Gasteiger partial charge in [-0.25, -0.2) is 0 Å². The lowest BCUT2D eigenvalue weighted by molar-refractivity contribution is 0.736. The predicted molar refractivity (Wildman–Crippen MR) is 245 cm³/mol. The molecular weight excluding hydrogens is 689 g/mol. The van der Waals surface area contributed by atoms with Crippen LogP contribution in [0.25, 0.3) is 76.5 Å². The third kappa shape index (κ3) is 5.56. The number of allylic oxidation sites excluding steroid dienone is 4. The first-order valence-corrected chi connectivity index (χ1v) is 20.0. The van der Waals surface area contributed by atoms with Crippen molar-refractivity contribution in [3.8, 4) is 11.1 Å². The zero-order valence-electron chi connectivity index (χ0n) is 31.8. The molecule has 10 aromatic rings. The standard InChI is InChI=1S/C55H40N2/c1-37-33-41(40-18-14-17-39(34-40)38-15-4-2-5-16-38)27-32-53(37)57-54-26-13-12-25-50(54)51-31-29-44(36-55(51)57)56(42-19-6-3-7-20-42)43-28-30-49-47-23-9-8-21-45(47)46-22-10-11-24-48(46)52(49)35-43/h2-32,34-37H,33H2,1H3. The van der Waals surface area contributed by atoms with Gasteiger partial charge >= 0.3 is 0 Å². The van der Waals surface area contributed by atoms with Crippen LogP contribution >= 0.6 is 0 Å². The predicted octanol–water partition coefficient (Wildman–Crippen LogP) is 15.4. The number of rotatable bonds is 6. The molecular formula is C55H40N2. The lowest BCUT2D eigenvalue weighted by Gasteiger charge is -2.27. The van der Waals surface area contributed by atoms with Crippen LogP contribution in [0.3, 0.4) is 0 Å². The van der Waals surface area contributed by atoms with Gasteiger partial charge in [-0.1, -0.05) is 159 Å². The highest BCUT2D eigenvalue weighted by Gasteiger charge is 2.23. The normalized spacial score (nSPS) is 14.4. The Bertz CT molecular complexity index is 3190. The van der Waals surface area contributed by atoms with Gasteiger partial charge in [0.2, 0.25) is 0 Å². The number of hydrogen-bond donors (Lipinski definition) is 0. The number of para-hydroxylation sites is 2. The molecule has 1 aromatic heterocycles. The molecule has 0 N–H and O–H groups in total. The Morgan fingerprint density at radius 2 is 0.912 bits per heavy atom. The van der Waals surface area contributed by atoms with E-state index in [2.05, 4.69) is 223 Å². The SMILES string of the molecule is CC1CC(c2cccc(-c3ccccc3)c2)=CC=C1n1c2ccccc2c2ccc(N(c3ccccc3)c3ccc4c5ccccc5c5ccccc5c4c3)cc21. The lowest BCUT2D eigenvalue weighted by atomic mass is 9.87. The summed E-state index contributed by atoms with van der Waals surface area (Å²) in [6.45, 7) is 2.38. The van der Waals surface area contributed by atoms with Crippen LogP contribution in [0.1, 0.15) is 18.9 Å². The monoisotopic (exact) mass is 728 g/mol. The topological polar surface area (TPSA) is 8.17 Å². The van der Waals surface area contributed by atoms with E-state index in [1.807, 2.05) is 0 Å². The fourth-order valence-electron chi connectivity index (χ4n) is 9.33. The molecule has 0 bridgehead atoms. The molecule has 2 heteroatoms. The van der Waals surface area contributed by atoms with Crippen molar-refractivity contribution >= 4 is 82.5 Å². The van der Waals surface area contributed by atoms with Crippen LogP contribution in [-0.4, -0.2) is 4.57 Å². The fourth-order valence-corrected chi connectivity index (χ4v) is 9.33. The average molecular weight is 729 g/mol. The number of aromatic nitrogens is 1. The molecule has 0 saturated heterocycles. The van der Waals surface area contributed by atoms with E-state index in [0.717, 1.165) is 23.5 Å². The van der Waals surface area contributed by atoms with Gasteiger partial charge in [-0.2, -0.15) is 0 Å². The molecule has 11 rings (SSSR count). The van der Waals surface area contributed by atoms with Gasteiger partial charge in [-0.05, 0) is 116 Å². The third-order valence-corrected chi connectivity index (χ3v) is 12.0. The summed E-state index contributed by atoms with van der Waals surface area (Å²) in [6.07, 6.45) is 5.68. The zero-order valence-corrected chi connectivity index (χ0v) is 31.8. The Kier molecular flexibility index (Phi) is 7.89. The van der Waals surface area contributed by atoms with Gasteiger partial charge in [-0.15, -0.1) is 0 Å². The number of hydrogen-bond acceptors (Lipinski definition) is 1. The van der Waals surface area contributed by atoms with Crippen molar-refractivity contribution in [1.29, 1.82) is 0 Å². The molecule has 1 aliphatic carbocycles. The van der Waals surface area contributed by atoms with E-state index in [-0.39, 0.29) is 0 Å². The molecule has 2 nitrogen and oxygen atoms in total. The first-order valence-electron chi connectivity index (χ1n) is 20.0. The molecule has 270 valence electrons. The Morgan fingerprint density at radius 1 is 0.386 bits per heavy atom. The Labute approximate surface area is 332 Å². The quantitative estimate of drug-likeness (QED) is 0.155. The Hall–Kier alpha value is -7.16. The Morgan fingerprint density at radius 3 is 1.61 bits per heavy atom. The van der Waals surface area contributed by atoms with Crippen LogP contribution in [0.5, 0.6) is 0 Å². The molecule has 0 saturated carbocycles. The lowest BCUT2D eigenvalue weighted by Crippen LogP contribution is -2.12. The first kappa shape index (κ1) is 33.2. The van der Waals surface area contributed by atoms with Crippen LogP contribution in [0.2, 0.25) is 0 Å². The molecule has 0 spiro atoms. The maximum Gasteiger partial charge on any atom is 0.0558 e. The number of benzene rings is 9. The second-order valence-electron chi connectivity index (χ2n) is 15.4. The van der Waals surface area contributed by atoms with Crippen LogP contribution in [0.15, 0.2) is 206 Å². The van der Waals surface area contributed by atoms with Crippen molar-refractivity contribution in [3.63, 3.8) is 0 Å². The molecule has 0 radical (unpaired) electrons. The van der Waals surface area contributed by atoms with Crippen molar-refractivity contribution in [2.24, 2.45) is 5.92 Å². The van der Waals surface area contributed by atoms with E-state index in [1.165, 1.54) is 82.1 Å². The van der Waals surface area contributed by atoms with Gasteiger partial charge in [0.05, 0.1) is 11.0 Å². The van der Waals surface area contributed by atoms with E-state index < -0.39 is 0 Å². The van der Waals surface area contributed by atoms with Gasteiger partial charge in [0.25, 0.3) is 0 Å². The van der Waals surface area contributed by atoms with Crippen molar-refractivity contribution < 1.29 is 0 Å². The van der Waals surface area contributed by atoms with E-state index in [0.29, 0.717) is 5.92 Å². The highest BCUT2D eigenvalue weighted by atomic mass is 15.1. The van der Waals surface area contributed by atoms with Crippen LogP contribution < -0.4 is 4.90 Å². The molecule has 57 heavy (non-hydrogen) atoms. The van der Waals surface area contributed by atoms with Gasteiger partial charge in [0.15, 0.2) is 0 Å². The molecule has 9 aromatic carbocycles. The van der Waals surface area contributed by atoms with E-state index in [1.54, 1.807) is 0 Å². The van der Waals surface area contributed by atoms with Gasteiger partial charge in [0.1, 0.15) is 0 Å². The summed E-state index contributed by atoms with van der Waals surface area (Å²) < 4.78 is 2.52. The minimum atomic E-state index is 0.307. The first-order chi connectivity index (χ1) is 28.2. The molecule has 1 atom stereocenters. The summed E-state index contributed by atoms with van der Waals surface area (Å²) in [5.74, 6) is 0.307. The summed E-state index contributed by atoms with van der Waals surface area (Å²) in [5, 5.41) is 10.2. The van der Waals surface area contributed by atoms with Crippen LogP contribution in [0.4, 0.5) is 17.1 Å². The average Bonchev–Trinajstić information content (AvgIpc) is 3.60. The summed E-state index contributed by atoms with van der Waals surface area (Å²) >= 11 is 0. The summed E-state index contributed by atoms with van der Waals surface area (Å²) in [4.78, 5) is 2.42. The summed E-state index contributed by atoms with van der Waals surface area (Å²) in [5.41, 5.74) is 12.3. The number of fused-ring (bicyclic) bond motifs is 9.